The summed E-state index contributed by atoms with van der Waals surface area (Å²) < 4.78 is 0. The fourth-order valence-electron chi connectivity index (χ4n) is 4.00. The second-order valence-electron chi connectivity index (χ2n) is 8.49. The third-order valence-electron chi connectivity index (χ3n) is 6.21. The minimum Gasteiger partial charge on any atom is -0.369 e. The van der Waals surface area contributed by atoms with Gasteiger partial charge in [0, 0.05) is 36.6 Å². The van der Waals surface area contributed by atoms with Crippen LogP contribution in [-0.4, -0.2) is 42.1 Å². The number of nitrogens with one attached hydrogen (secondary N) is 1. The summed E-state index contributed by atoms with van der Waals surface area (Å²) in [6.07, 6.45) is 3.89. The zero-order valence-corrected chi connectivity index (χ0v) is 18.8. The molecule has 0 bridgehead atoms. The number of ketones is 1. The molecule has 1 fully saturated rings. The zero-order valence-electron chi connectivity index (χ0n) is 18.8. The van der Waals surface area contributed by atoms with Gasteiger partial charge in [0.1, 0.15) is 0 Å². The van der Waals surface area contributed by atoms with Crippen LogP contribution in [0.3, 0.4) is 0 Å². The van der Waals surface area contributed by atoms with Crippen molar-refractivity contribution in [1.82, 2.24) is 4.90 Å². The standard InChI is InChI=1S/C26H33N3O3/c1-2-19-3-7-21(8-4-19)24(30)11-12-25(31)28-23-9-5-20(6-10-23)13-16-29-17-14-22(15-18-29)26(27)32/h3-10,22H,2,11-18H2,1H3,(H2,27,32)(H,28,31). The van der Waals surface area contributed by atoms with Gasteiger partial charge in [0.15, 0.2) is 5.78 Å². The largest absolute Gasteiger partial charge is 0.369 e. The molecular formula is C26H33N3O3. The summed E-state index contributed by atoms with van der Waals surface area (Å²) in [4.78, 5) is 38.2. The van der Waals surface area contributed by atoms with Gasteiger partial charge in [0.05, 0.1) is 0 Å². The van der Waals surface area contributed by atoms with Crippen LogP contribution >= 0.6 is 0 Å². The minimum absolute atomic E-state index is 0.0157. The molecule has 1 heterocycles. The van der Waals surface area contributed by atoms with Gasteiger partial charge < -0.3 is 16.0 Å². The highest BCUT2D eigenvalue weighted by Gasteiger charge is 2.22. The SMILES string of the molecule is CCc1ccc(C(=O)CCC(=O)Nc2ccc(CCN3CCC(C(N)=O)CC3)cc2)cc1. The first-order valence-corrected chi connectivity index (χ1v) is 11.5. The van der Waals surface area contributed by atoms with E-state index in [1.165, 1.54) is 11.1 Å². The van der Waals surface area contributed by atoms with Crippen LogP contribution in [0.1, 0.15) is 54.1 Å². The number of anilines is 1. The molecule has 170 valence electrons. The molecule has 0 radical (unpaired) electrons. The molecule has 2 aromatic carbocycles. The van der Waals surface area contributed by atoms with Crippen molar-refractivity contribution >= 4 is 23.3 Å². The fraction of sp³-hybridized carbons (Fsp3) is 0.423. The highest BCUT2D eigenvalue weighted by atomic mass is 16.2. The topological polar surface area (TPSA) is 92.5 Å². The lowest BCUT2D eigenvalue weighted by atomic mass is 9.96. The lowest BCUT2D eigenvalue weighted by Gasteiger charge is -2.30. The van der Waals surface area contributed by atoms with E-state index in [1.54, 1.807) is 0 Å². The average Bonchev–Trinajstić information content (AvgIpc) is 2.82. The molecule has 0 saturated carbocycles. The minimum atomic E-state index is -0.183. The van der Waals surface area contributed by atoms with E-state index < -0.39 is 0 Å². The molecule has 0 aliphatic carbocycles. The van der Waals surface area contributed by atoms with Gasteiger partial charge in [-0.15, -0.1) is 0 Å². The molecule has 6 heteroatoms. The summed E-state index contributed by atoms with van der Waals surface area (Å²) in [7, 11) is 0. The first-order chi connectivity index (χ1) is 15.4. The third-order valence-corrected chi connectivity index (χ3v) is 6.21. The maximum atomic E-state index is 12.3. The number of carbonyl (C=O) groups excluding carboxylic acids is 3. The zero-order chi connectivity index (χ0) is 22.9. The lowest BCUT2D eigenvalue weighted by Crippen LogP contribution is -2.39. The summed E-state index contributed by atoms with van der Waals surface area (Å²) in [5.74, 6) is -0.338. The number of piperidine rings is 1. The monoisotopic (exact) mass is 435 g/mol. The summed E-state index contributed by atoms with van der Waals surface area (Å²) in [5.41, 5.74) is 9.17. The number of benzene rings is 2. The number of hydrogen-bond donors (Lipinski definition) is 2. The van der Waals surface area contributed by atoms with E-state index in [9.17, 15) is 14.4 Å². The Bertz CT molecular complexity index is 914. The molecule has 2 aromatic rings. The van der Waals surface area contributed by atoms with Crippen LogP contribution < -0.4 is 11.1 Å². The Hall–Kier alpha value is -2.99. The molecule has 32 heavy (non-hydrogen) atoms. The number of aryl methyl sites for hydroxylation is 1. The van der Waals surface area contributed by atoms with E-state index in [2.05, 4.69) is 17.1 Å². The number of amides is 2. The van der Waals surface area contributed by atoms with Gasteiger partial charge in [0.2, 0.25) is 11.8 Å². The highest BCUT2D eigenvalue weighted by Crippen LogP contribution is 2.18. The van der Waals surface area contributed by atoms with Crippen molar-refractivity contribution in [2.24, 2.45) is 11.7 Å². The highest BCUT2D eigenvalue weighted by molar-refractivity contribution is 6.00. The third kappa shape index (κ3) is 7.02. The molecule has 0 spiro atoms. The average molecular weight is 436 g/mol. The van der Waals surface area contributed by atoms with Crippen LogP contribution in [0.25, 0.3) is 0 Å². The number of likely N-dealkylation sites (tertiary alicyclic amines) is 1. The number of carbonyl (C=O) groups is 3. The Kier molecular flexibility index (Phi) is 8.56. The fourth-order valence-corrected chi connectivity index (χ4v) is 4.00. The molecule has 6 nitrogen and oxygen atoms in total. The number of rotatable bonds is 10. The van der Waals surface area contributed by atoms with E-state index >= 15 is 0 Å². The van der Waals surface area contributed by atoms with Crippen LogP contribution in [0.5, 0.6) is 0 Å². The Morgan fingerprint density at radius 3 is 2.16 bits per heavy atom. The van der Waals surface area contributed by atoms with E-state index in [4.69, 9.17) is 5.73 Å². The second kappa shape index (κ2) is 11.6. The van der Waals surface area contributed by atoms with Crippen molar-refractivity contribution in [3.8, 4) is 0 Å². The predicted molar refractivity (Wildman–Crippen MR) is 127 cm³/mol. The van der Waals surface area contributed by atoms with Gasteiger partial charge in [-0.3, -0.25) is 14.4 Å². The van der Waals surface area contributed by atoms with Crippen LogP contribution in [0.4, 0.5) is 5.69 Å². The van der Waals surface area contributed by atoms with Crippen LogP contribution in [0.2, 0.25) is 0 Å². The van der Waals surface area contributed by atoms with E-state index in [-0.39, 0.29) is 36.4 Å². The van der Waals surface area contributed by atoms with Crippen molar-refractivity contribution in [2.75, 3.05) is 25.0 Å². The molecule has 3 rings (SSSR count). The normalized spacial score (nSPS) is 14.8. The summed E-state index contributed by atoms with van der Waals surface area (Å²) in [5, 5.41) is 2.87. The van der Waals surface area contributed by atoms with Crippen molar-refractivity contribution in [1.29, 1.82) is 0 Å². The number of primary amides is 1. The van der Waals surface area contributed by atoms with Crippen molar-refractivity contribution in [2.45, 2.75) is 45.4 Å². The Morgan fingerprint density at radius 1 is 0.938 bits per heavy atom. The van der Waals surface area contributed by atoms with Crippen molar-refractivity contribution in [3.05, 3.63) is 65.2 Å². The summed E-state index contributed by atoms with van der Waals surface area (Å²) in [6, 6.07) is 15.4. The van der Waals surface area contributed by atoms with Gasteiger partial charge in [-0.1, -0.05) is 43.3 Å². The number of Topliss-reactive ketones (excluding diaryl/α,β-unsaturated/α-hetero) is 1. The molecular weight excluding hydrogens is 402 g/mol. The van der Waals surface area contributed by atoms with Crippen LogP contribution in [-0.2, 0) is 22.4 Å². The summed E-state index contributed by atoms with van der Waals surface area (Å²) in [6.45, 7) is 4.83. The second-order valence-corrected chi connectivity index (χ2v) is 8.49. The maximum absolute atomic E-state index is 12.3. The first kappa shape index (κ1) is 23.7. The lowest BCUT2D eigenvalue weighted by molar-refractivity contribution is -0.123. The van der Waals surface area contributed by atoms with Crippen LogP contribution in [0.15, 0.2) is 48.5 Å². The van der Waals surface area contributed by atoms with E-state index in [1.807, 2.05) is 48.5 Å². The Balaban J connectivity index is 1.38. The number of hydrogen-bond acceptors (Lipinski definition) is 4. The Morgan fingerprint density at radius 2 is 1.56 bits per heavy atom. The van der Waals surface area contributed by atoms with Gasteiger partial charge in [-0.25, -0.2) is 0 Å². The number of nitrogens with two attached hydrogens (primary N) is 1. The molecule has 0 unspecified atom stereocenters. The summed E-state index contributed by atoms with van der Waals surface area (Å²) >= 11 is 0. The molecule has 2 amide bonds. The van der Waals surface area contributed by atoms with Gasteiger partial charge in [0.25, 0.3) is 0 Å². The van der Waals surface area contributed by atoms with Gasteiger partial charge >= 0.3 is 0 Å². The maximum Gasteiger partial charge on any atom is 0.224 e. The quantitative estimate of drug-likeness (QED) is 0.558. The van der Waals surface area contributed by atoms with Gasteiger partial charge in [-0.2, -0.15) is 0 Å². The molecule has 1 aliphatic rings. The van der Waals surface area contributed by atoms with Gasteiger partial charge in [-0.05, 0) is 62.0 Å². The van der Waals surface area contributed by atoms with Crippen molar-refractivity contribution in [3.63, 3.8) is 0 Å². The molecule has 0 aromatic heterocycles. The van der Waals surface area contributed by atoms with E-state index in [0.717, 1.165) is 51.0 Å². The Labute approximate surface area is 190 Å². The van der Waals surface area contributed by atoms with Crippen molar-refractivity contribution < 1.29 is 14.4 Å². The molecule has 3 N–H and O–H groups in total. The smallest absolute Gasteiger partial charge is 0.224 e. The number of nitrogens with zero attached hydrogens (tertiary/aromatic N) is 1. The first-order valence-electron chi connectivity index (χ1n) is 11.5. The van der Waals surface area contributed by atoms with Crippen LogP contribution in [0, 0.1) is 5.92 Å². The van der Waals surface area contributed by atoms with E-state index in [0.29, 0.717) is 5.56 Å². The molecule has 0 atom stereocenters. The predicted octanol–water partition coefficient (Wildman–Crippen LogP) is 3.59. The molecule has 1 aliphatic heterocycles. The molecule has 1 saturated heterocycles.